The van der Waals surface area contributed by atoms with Crippen molar-refractivity contribution in [3.8, 4) is 0 Å². The average Bonchev–Trinajstić information content (AvgIpc) is 2.83. The molecule has 0 saturated carbocycles. The maximum Gasteiger partial charge on any atom is 0.310 e. The fraction of sp³-hybridized carbons (Fsp3) is 0.438. The lowest BCUT2D eigenvalue weighted by atomic mass is 9.79. The van der Waals surface area contributed by atoms with Crippen LogP contribution in [0.3, 0.4) is 0 Å². The van der Waals surface area contributed by atoms with E-state index in [1.807, 2.05) is 19.1 Å². The predicted octanol–water partition coefficient (Wildman–Crippen LogP) is 3.82. The Balaban J connectivity index is 2.14. The Bertz CT molecular complexity index is 704. The van der Waals surface area contributed by atoms with Crippen molar-refractivity contribution in [2.24, 2.45) is 5.41 Å². The number of anilines is 1. The number of fused-ring (bicyclic) bond motifs is 1. The number of carbonyl (C=O) groups excluding carboxylic acids is 1. The summed E-state index contributed by atoms with van der Waals surface area (Å²) in [5.74, 6) is -1.19. The van der Waals surface area contributed by atoms with Crippen LogP contribution in [0, 0.1) is 12.3 Å². The Hall–Kier alpha value is -1.95. The van der Waals surface area contributed by atoms with Gasteiger partial charge < -0.3 is 10.4 Å². The van der Waals surface area contributed by atoms with Gasteiger partial charge in [-0.2, -0.15) is 0 Å². The predicted molar refractivity (Wildman–Crippen MR) is 88.3 cm³/mol. The molecule has 118 valence electrons. The minimum Gasteiger partial charge on any atom is -0.481 e. The maximum atomic E-state index is 12.2. The molecule has 1 heterocycles. The highest BCUT2D eigenvalue weighted by molar-refractivity contribution is 7.18. The number of carbonyl (C=O) groups is 2. The molecule has 0 bridgehead atoms. The summed E-state index contributed by atoms with van der Waals surface area (Å²) < 4.78 is 1.01. The van der Waals surface area contributed by atoms with Crippen molar-refractivity contribution in [3.63, 3.8) is 0 Å². The van der Waals surface area contributed by atoms with Crippen LogP contribution < -0.4 is 5.32 Å². The zero-order chi connectivity index (χ0) is 16.3. The highest BCUT2D eigenvalue weighted by Crippen LogP contribution is 2.32. The van der Waals surface area contributed by atoms with Gasteiger partial charge in [0.2, 0.25) is 5.91 Å². The Morgan fingerprint density at radius 1 is 1.32 bits per heavy atom. The summed E-state index contributed by atoms with van der Waals surface area (Å²) in [6.45, 7) is 5.54. The van der Waals surface area contributed by atoms with Gasteiger partial charge in [0.15, 0.2) is 0 Å². The molecule has 0 aliphatic carbocycles. The molecule has 0 atom stereocenters. The second kappa shape index (κ2) is 6.44. The molecule has 0 fully saturated rings. The van der Waals surface area contributed by atoms with E-state index in [9.17, 15) is 14.7 Å². The van der Waals surface area contributed by atoms with Crippen molar-refractivity contribution in [1.29, 1.82) is 0 Å². The van der Waals surface area contributed by atoms with Crippen molar-refractivity contribution in [1.82, 2.24) is 4.98 Å². The summed E-state index contributed by atoms with van der Waals surface area (Å²) in [4.78, 5) is 28.0. The first-order valence-corrected chi connectivity index (χ1v) is 8.12. The van der Waals surface area contributed by atoms with Crippen molar-refractivity contribution >= 4 is 39.1 Å². The molecule has 1 amide bonds. The van der Waals surface area contributed by atoms with Gasteiger partial charge in [-0.05, 0) is 38.0 Å². The van der Waals surface area contributed by atoms with Gasteiger partial charge in [-0.15, -0.1) is 11.3 Å². The van der Waals surface area contributed by atoms with Gasteiger partial charge in [0.1, 0.15) is 0 Å². The van der Waals surface area contributed by atoms with E-state index in [-0.39, 0.29) is 12.3 Å². The van der Waals surface area contributed by atoms with E-state index in [0.29, 0.717) is 18.5 Å². The Labute approximate surface area is 133 Å². The lowest BCUT2D eigenvalue weighted by Gasteiger charge is -2.25. The zero-order valence-electron chi connectivity index (χ0n) is 13.0. The van der Waals surface area contributed by atoms with E-state index in [1.165, 1.54) is 0 Å². The van der Waals surface area contributed by atoms with Crippen LogP contribution in [-0.4, -0.2) is 22.0 Å². The van der Waals surface area contributed by atoms with Gasteiger partial charge in [0, 0.05) is 12.1 Å². The summed E-state index contributed by atoms with van der Waals surface area (Å²) in [5, 5.41) is 13.2. The molecular formula is C16H20N2O3S. The van der Waals surface area contributed by atoms with Crippen LogP contribution in [-0.2, 0) is 9.59 Å². The van der Waals surface area contributed by atoms with Crippen LogP contribution in [0.25, 0.3) is 10.2 Å². The number of aliphatic carboxylic acids is 1. The number of rotatable bonds is 6. The van der Waals surface area contributed by atoms with Crippen molar-refractivity contribution in [2.45, 2.75) is 40.0 Å². The molecule has 6 heteroatoms. The quantitative estimate of drug-likeness (QED) is 0.848. The smallest absolute Gasteiger partial charge is 0.310 e. The van der Waals surface area contributed by atoms with E-state index in [0.717, 1.165) is 15.2 Å². The largest absolute Gasteiger partial charge is 0.481 e. The number of carboxylic acids is 1. The summed E-state index contributed by atoms with van der Waals surface area (Å²) in [7, 11) is 0. The fourth-order valence-electron chi connectivity index (χ4n) is 2.51. The number of carboxylic acid groups (broad SMARTS) is 1. The lowest BCUT2D eigenvalue weighted by molar-refractivity contribution is -0.151. The van der Waals surface area contributed by atoms with Gasteiger partial charge in [-0.25, -0.2) is 4.98 Å². The van der Waals surface area contributed by atoms with E-state index < -0.39 is 11.4 Å². The van der Waals surface area contributed by atoms with Crippen LogP contribution in [0.4, 0.5) is 5.69 Å². The Morgan fingerprint density at radius 3 is 2.59 bits per heavy atom. The van der Waals surface area contributed by atoms with Crippen LogP contribution >= 0.6 is 11.3 Å². The molecule has 0 radical (unpaired) electrons. The van der Waals surface area contributed by atoms with E-state index in [2.05, 4.69) is 10.3 Å². The molecule has 0 aliphatic heterocycles. The zero-order valence-corrected chi connectivity index (χ0v) is 13.8. The fourth-order valence-corrected chi connectivity index (χ4v) is 3.37. The standard InChI is InChI=1S/C16H20N2O3S/c1-4-16(5-2,15(20)21)9-14(19)18-11-6-7-12-13(8-11)22-10(3)17-12/h6-8H,4-5,9H2,1-3H3,(H,18,19)(H,20,21). The van der Waals surface area contributed by atoms with Crippen LogP contribution in [0.2, 0.25) is 0 Å². The number of hydrogen-bond donors (Lipinski definition) is 2. The molecule has 0 spiro atoms. The topological polar surface area (TPSA) is 79.3 Å². The van der Waals surface area contributed by atoms with Gasteiger partial charge in [-0.3, -0.25) is 9.59 Å². The van der Waals surface area contributed by atoms with Gasteiger partial charge in [-0.1, -0.05) is 13.8 Å². The number of thiazole rings is 1. The molecule has 2 aromatic rings. The number of amides is 1. The van der Waals surface area contributed by atoms with Crippen LogP contribution in [0.1, 0.15) is 38.1 Å². The molecule has 2 rings (SSSR count). The summed E-state index contributed by atoms with van der Waals surface area (Å²) >= 11 is 1.56. The molecule has 0 aliphatic rings. The highest BCUT2D eigenvalue weighted by Gasteiger charge is 2.37. The van der Waals surface area contributed by atoms with E-state index in [4.69, 9.17) is 0 Å². The lowest BCUT2D eigenvalue weighted by Crippen LogP contribution is -2.34. The normalized spacial score (nSPS) is 11.6. The number of nitrogens with one attached hydrogen (secondary N) is 1. The minimum atomic E-state index is -0.991. The number of aromatic nitrogens is 1. The van der Waals surface area contributed by atoms with Gasteiger partial charge in [0.05, 0.1) is 20.6 Å². The monoisotopic (exact) mass is 320 g/mol. The van der Waals surface area contributed by atoms with Crippen molar-refractivity contribution in [2.75, 3.05) is 5.32 Å². The number of aryl methyl sites for hydroxylation is 1. The number of nitrogens with zero attached hydrogens (tertiary/aromatic N) is 1. The number of benzene rings is 1. The third-order valence-corrected chi connectivity index (χ3v) is 5.02. The molecule has 1 aromatic heterocycles. The van der Waals surface area contributed by atoms with Crippen molar-refractivity contribution in [3.05, 3.63) is 23.2 Å². The molecule has 0 saturated heterocycles. The first-order valence-electron chi connectivity index (χ1n) is 7.30. The molecule has 22 heavy (non-hydrogen) atoms. The molecule has 5 nitrogen and oxygen atoms in total. The maximum absolute atomic E-state index is 12.2. The molecule has 2 N–H and O–H groups in total. The SMILES string of the molecule is CCC(CC)(CC(=O)Nc1ccc2nc(C)sc2c1)C(=O)O. The molecular weight excluding hydrogens is 300 g/mol. The highest BCUT2D eigenvalue weighted by atomic mass is 32.1. The van der Waals surface area contributed by atoms with Gasteiger partial charge in [0.25, 0.3) is 0 Å². The van der Waals surface area contributed by atoms with Crippen molar-refractivity contribution < 1.29 is 14.7 Å². The van der Waals surface area contributed by atoms with Crippen LogP contribution in [0.5, 0.6) is 0 Å². The Morgan fingerprint density at radius 2 is 2.00 bits per heavy atom. The van der Waals surface area contributed by atoms with E-state index in [1.54, 1.807) is 31.3 Å². The third kappa shape index (κ3) is 3.27. The minimum absolute atomic E-state index is 0.0188. The molecule has 0 unspecified atom stereocenters. The first kappa shape index (κ1) is 16.4. The Kier molecular flexibility index (Phi) is 4.81. The van der Waals surface area contributed by atoms with E-state index >= 15 is 0 Å². The van der Waals surface area contributed by atoms with Crippen LogP contribution in [0.15, 0.2) is 18.2 Å². The second-order valence-corrected chi connectivity index (χ2v) is 6.67. The average molecular weight is 320 g/mol. The molecule has 1 aromatic carbocycles. The third-order valence-electron chi connectivity index (χ3n) is 4.09. The summed E-state index contributed by atoms with van der Waals surface area (Å²) in [6.07, 6.45) is 0.841. The van der Waals surface area contributed by atoms with Gasteiger partial charge >= 0.3 is 5.97 Å². The number of hydrogen-bond acceptors (Lipinski definition) is 4. The summed E-state index contributed by atoms with van der Waals surface area (Å²) in [6, 6.07) is 5.52. The second-order valence-electron chi connectivity index (χ2n) is 5.43. The summed E-state index contributed by atoms with van der Waals surface area (Å²) in [5.41, 5.74) is 0.588. The first-order chi connectivity index (χ1) is 10.4.